The Bertz CT molecular complexity index is 462. The van der Waals surface area contributed by atoms with Crippen molar-refractivity contribution in [1.29, 1.82) is 0 Å². The number of amides is 1. The Labute approximate surface area is 91.9 Å². The van der Waals surface area contributed by atoms with Crippen LogP contribution in [0.4, 0.5) is 11.4 Å². The molecule has 1 amide bonds. The van der Waals surface area contributed by atoms with Gasteiger partial charge in [0.1, 0.15) is 0 Å². The molecule has 2 heterocycles. The van der Waals surface area contributed by atoms with Gasteiger partial charge in [0.15, 0.2) is 0 Å². The molecule has 0 atom stereocenters. The highest BCUT2D eigenvalue weighted by Crippen LogP contribution is 2.05. The van der Waals surface area contributed by atoms with E-state index in [0.717, 1.165) is 0 Å². The van der Waals surface area contributed by atoms with Crippen molar-refractivity contribution < 1.29 is 4.79 Å². The first-order valence-corrected chi connectivity index (χ1v) is 4.73. The van der Waals surface area contributed by atoms with Crippen molar-refractivity contribution in [2.75, 3.05) is 11.1 Å². The van der Waals surface area contributed by atoms with E-state index in [9.17, 15) is 4.79 Å². The number of nitrogens with one attached hydrogen (secondary N) is 2. The zero-order chi connectivity index (χ0) is 11.4. The van der Waals surface area contributed by atoms with Crippen molar-refractivity contribution in [3.63, 3.8) is 0 Å². The number of carbonyl (C=O) groups is 1. The zero-order valence-electron chi connectivity index (χ0n) is 8.47. The lowest BCUT2D eigenvalue weighted by Gasteiger charge is -2.02. The summed E-state index contributed by atoms with van der Waals surface area (Å²) >= 11 is 0. The standard InChI is InChI=1S/C10H11N5O/c11-7-1-2-8(12-4-7)3-10(16)15-9-5-13-14-6-9/h1-2,4-6H,3,11H2,(H,13,14)(H,15,16). The Balaban J connectivity index is 1.95. The summed E-state index contributed by atoms with van der Waals surface area (Å²) in [6.45, 7) is 0. The summed E-state index contributed by atoms with van der Waals surface area (Å²) < 4.78 is 0. The molecule has 0 fully saturated rings. The summed E-state index contributed by atoms with van der Waals surface area (Å²) in [7, 11) is 0. The number of rotatable bonds is 3. The molecular weight excluding hydrogens is 206 g/mol. The van der Waals surface area contributed by atoms with Gasteiger partial charge in [0.25, 0.3) is 0 Å². The first kappa shape index (κ1) is 10.2. The van der Waals surface area contributed by atoms with Crippen LogP contribution in [-0.2, 0) is 11.2 Å². The van der Waals surface area contributed by atoms with Crippen LogP contribution >= 0.6 is 0 Å². The molecule has 4 N–H and O–H groups in total. The van der Waals surface area contributed by atoms with Crippen LogP contribution in [0.1, 0.15) is 5.69 Å². The molecule has 0 aliphatic carbocycles. The van der Waals surface area contributed by atoms with Crippen molar-refractivity contribution in [2.45, 2.75) is 6.42 Å². The third kappa shape index (κ3) is 2.57. The summed E-state index contributed by atoms with van der Waals surface area (Å²) in [5.74, 6) is -0.140. The number of nitrogens with two attached hydrogens (primary N) is 1. The quantitative estimate of drug-likeness (QED) is 0.700. The third-order valence-corrected chi connectivity index (χ3v) is 1.97. The molecule has 0 aromatic carbocycles. The van der Waals surface area contributed by atoms with Gasteiger partial charge >= 0.3 is 0 Å². The third-order valence-electron chi connectivity index (χ3n) is 1.97. The van der Waals surface area contributed by atoms with Gasteiger partial charge < -0.3 is 11.1 Å². The molecule has 0 saturated heterocycles. The van der Waals surface area contributed by atoms with Crippen LogP contribution in [0, 0.1) is 0 Å². The van der Waals surface area contributed by atoms with Crippen molar-refractivity contribution in [2.24, 2.45) is 0 Å². The van der Waals surface area contributed by atoms with Gasteiger partial charge in [0, 0.05) is 11.9 Å². The lowest BCUT2D eigenvalue weighted by Crippen LogP contribution is -2.14. The second kappa shape index (κ2) is 4.43. The van der Waals surface area contributed by atoms with Gasteiger partial charge in [-0.3, -0.25) is 14.9 Å². The Morgan fingerprint density at radius 1 is 1.44 bits per heavy atom. The monoisotopic (exact) mass is 217 g/mol. The molecule has 2 rings (SSSR count). The van der Waals surface area contributed by atoms with E-state index in [2.05, 4.69) is 20.5 Å². The number of nitrogen functional groups attached to an aromatic ring is 1. The fraction of sp³-hybridized carbons (Fsp3) is 0.100. The van der Waals surface area contributed by atoms with Crippen LogP contribution < -0.4 is 11.1 Å². The van der Waals surface area contributed by atoms with Crippen LogP contribution in [0.2, 0.25) is 0 Å². The zero-order valence-corrected chi connectivity index (χ0v) is 8.47. The summed E-state index contributed by atoms with van der Waals surface area (Å²) in [6, 6.07) is 3.44. The average Bonchev–Trinajstić information content (AvgIpc) is 2.74. The molecule has 0 spiro atoms. The second-order valence-electron chi connectivity index (χ2n) is 3.29. The Morgan fingerprint density at radius 3 is 2.94 bits per heavy atom. The lowest BCUT2D eigenvalue weighted by molar-refractivity contribution is -0.115. The van der Waals surface area contributed by atoms with E-state index in [0.29, 0.717) is 17.1 Å². The number of hydrogen-bond acceptors (Lipinski definition) is 4. The van der Waals surface area contributed by atoms with Gasteiger partial charge in [-0.2, -0.15) is 5.10 Å². The number of H-pyrrole nitrogens is 1. The SMILES string of the molecule is Nc1ccc(CC(=O)Nc2cn[nH]c2)nc1. The molecular formula is C10H11N5O. The topological polar surface area (TPSA) is 96.7 Å². The summed E-state index contributed by atoms with van der Waals surface area (Å²) in [4.78, 5) is 15.6. The van der Waals surface area contributed by atoms with Crippen molar-refractivity contribution >= 4 is 17.3 Å². The maximum Gasteiger partial charge on any atom is 0.230 e. The van der Waals surface area contributed by atoms with E-state index in [1.54, 1.807) is 18.3 Å². The largest absolute Gasteiger partial charge is 0.397 e. The molecule has 6 heteroatoms. The molecule has 0 radical (unpaired) electrons. The molecule has 0 unspecified atom stereocenters. The fourth-order valence-corrected chi connectivity index (χ4v) is 1.23. The molecule has 16 heavy (non-hydrogen) atoms. The molecule has 2 aromatic rings. The van der Waals surface area contributed by atoms with Gasteiger partial charge in [0.2, 0.25) is 5.91 Å². The van der Waals surface area contributed by atoms with Crippen LogP contribution in [0.5, 0.6) is 0 Å². The minimum absolute atomic E-state index is 0.140. The molecule has 0 aliphatic rings. The predicted octanol–water partition coefficient (Wildman–Crippen LogP) is 0.568. The van der Waals surface area contributed by atoms with E-state index in [-0.39, 0.29) is 12.3 Å². The van der Waals surface area contributed by atoms with E-state index >= 15 is 0 Å². The Kier molecular flexibility index (Phi) is 2.81. The Hall–Kier alpha value is -2.37. The predicted molar refractivity (Wildman–Crippen MR) is 59.6 cm³/mol. The van der Waals surface area contributed by atoms with Crippen LogP contribution in [0.25, 0.3) is 0 Å². The number of anilines is 2. The number of aromatic nitrogens is 3. The fourth-order valence-electron chi connectivity index (χ4n) is 1.23. The normalized spacial score (nSPS) is 10.0. The number of aromatic amines is 1. The highest BCUT2D eigenvalue weighted by Gasteiger charge is 2.05. The van der Waals surface area contributed by atoms with Crippen molar-refractivity contribution in [1.82, 2.24) is 15.2 Å². The number of pyridine rings is 1. The van der Waals surface area contributed by atoms with Gasteiger partial charge in [-0.1, -0.05) is 0 Å². The maximum atomic E-state index is 11.5. The summed E-state index contributed by atoms with van der Waals surface area (Å²) in [5, 5.41) is 9.01. The van der Waals surface area contributed by atoms with Gasteiger partial charge in [0.05, 0.1) is 30.2 Å². The Morgan fingerprint density at radius 2 is 2.31 bits per heavy atom. The van der Waals surface area contributed by atoms with E-state index in [4.69, 9.17) is 5.73 Å². The number of nitrogens with zero attached hydrogens (tertiary/aromatic N) is 2. The van der Waals surface area contributed by atoms with Crippen molar-refractivity contribution in [3.05, 3.63) is 36.4 Å². The maximum absolute atomic E-state index is 11.5. The highest BCUT2D eigenvalue weighted by molar-refractivity contribution is 5.91. The minimum Gasteiger partial charge on any atom is -0.397 e. The molecule has 0 saturated carbocycles. The van der Waals surface area contributed by atoms with Crippen LogP contribution in [-0.4, -0.2) is 21.1 Å². The van der Waals surface area contributed by atoms with E-state index < -0.39 is 0 Å². The average molecular weight is 217 g/mol. The van der Waals surface area contributed by atoms with Gasteiger partial charge in [-0.25, -0.2) is 0 Å². The minimum atomic E-state index is -0.140. The second-order valence-corrected chi connectivity index (χ2v) is 3.29. The van der Waals surface area contributed by atoms with Crippen LogP contribution in [0.15, 0.2) is 30.7 Å². The highest BCUT2D eigenvalue weighted by atomic mass is 16.1. The molecule has 2 aromatic heterocycles. The van der Waals surface area contributed by atoms with Crippen LogP contribution in [0.3, 0.4) is 0 Å². The van der Waals surface area contributed by atoms with E-state index in [1.807, 2.05) is 0 Å². The first-order valence-electron chi connectivity index (χ1n) is 4.73. The summed E-state index contributed by atoms with van der Waals surface area (Å²) in [5.41, 5.74) is 7.39. The first-order chi connectivity index (χ1) is 7.74. The molecule has 6 nitrogen and oxygen atoms in total. The van der Waals surface area contributed by atoms with Gasteiger partial charge in [-0.15, -0.1) is 0 Å². The molecule has 0 aliphatic heterocycles. The number of carbonyl (C=O) groups excluding carboxylic acids is 1. The van der Waals surface area contributed by atoms with E-state index in [1.165, 1.54) is 12.4 Å². The van der Waals surface area contributed by atoms with Crippen molar-refractivity contribution in [3.8, 4) is 0 Å². The molecule has 0 bridgehead atoms. The van der Waals surface area contributed by atoms with Gasteiger partial charge in [-0.05, 0) is 12.1 Å². The summed E-state index contributed by atoms with van der Waals surface area (Å²) in [6.07, 6.45) is 4.88. The smallest absolute Gasteiger partial charge is 0.230 e. The molecule has 82 valence electrons. The number of hydrogen-bond donors (Lipinski definition) is 3. The lowest BCUT2D eigenvalue weighted by atomic mass is 10.2.